The molecule has 7 nitrogen and oxygen atoms in total. The standard InChI is InChI=1S/C22H15ClN4O3/c23-17-8-7-15(26-21(28)18-9-6-14(11-24-18)22(29)30)10-16(17)20-25-12-19(27-20)13-4-2-1-3-5-13/h1-12H,(H,25,27)(H,26,28)(H,29,30). The Morgan fingerprint density at radius 2 is 1.77 bits per heavy atom. The molecule has 2 heterocycles. The van der Waals surface area contributed by atoms with Gasteiger partial charge < -0.3 is 15.4 Å². The minimum Gasteiger partial charge on any atom is -0.478 e. The summed E-state index contributed by atoms with van der Waals surface area (Å²) in [7, 11) is 0. The van der Waals surface area contributed by atoms with Gasteiger partial charge in [0.25, 0.3) is 5.91 Å². The Balaban J connectivity index is 1.57. The fraction of sp³-hybridized carbons (Fsp3) is 0. The van der Waals surface area contributed by atoms with Crippen molar-refractivity contribution in [2.24, 2.45) is 0 Å². The number of aromatic amines is 1. The highest BCUT2D eigenvalue weighted by Crippen LogP contribution is 2.30. The Kier molecular flexibility index (Phi) is 5.28. The van der Waals surface area contributed by atoms with Crippen LogP contribution in [-0.4, -0.2) is 31.9 Å². The minimum atomic E-state index is -1.11. The van der Waals surface area contributed by atoms with Crippen LogP contribution in [0, 0.1) is 0 Å². The van der Waals surface area contributed by atoms with Crippen LogP contribution in [0.2, 0.25) is 5.02 Å². The van der Waals surface area contributed by atoms with Gasteiger partial charge in [-0.3, -0.25) is 9.78 Å². The number of carbonyl (C=O) groups excluding carboxylic acids is 1. The van der Waals surface area contributed by atoms with Gasteiger partial charge in [-0.05, 0) is 35.9 Å². The first-order valence-corrected chi connectivity index (χ1v) is 9.30. The van der Waals surface area contributed by atoms with Crippen LogP contribution in [0.4, 0.5) is 5.69 Å². The van der Waals surface area contributed by atoms with Gasteiger partial charge in [-0.25, -0.2) is 9.78 Å². The van der Waals surface area contributed by atoms with E-state index < -0.39 is 11.9 Å². The summed E-state index contributed by atoms with van der Waals surface area (Å²) in [5, 5.41) is 12.1. The molecule has 0 saturated carbocycles. The molecule has 0 fully saturated rings. The zero-order valence-electron chi connectivity index (χ0n) is 15.5. The highest BCUT2D eigenvalue weighted by Gasteiger charge is 2.13. The lowest BCUT2D eigenvalue weighted by molar-refractivity contribution is 0.0695. The lowest BCUT2D eigenvalue weighted by Crippen LogP contribution is -2.14. The van der Waals surface area contributed by atoms with E-state index in [1.165, 1.54) is 12.1 Å². The average Bonchev–Trinajstić information content (AvgIpc) is 3.26. The number of benzene rings is 2. The SMILES string of the molecule is O=C(O)c1ccc(C(=O)Nc2ccc(Cl)c(-c3ncc(-c4ccccc4)[nH]3)c2)nc1. The molecule has 0 spiro atoms. The lowest BCUT2D eigenvalue weighted by Gasteiger charge is -2.08. The van der Waals surface area contributed by atoms with Crippen molar-refractivity contribution in [3.63, 3.8) is 0 Å². The van der Waals surface area contributed by atoms with Crippen LogP contribution < -0.4 is 5.32 Å². The van der Waals surface area contributed by atoms with Crippen molar-refractivity contribution >= 4 is 29.2 Å². The molecule has 148 valence electrons. The van der Waals surface area contributed by atoms with Crippen LogP contribution in [0.15, 0.2) is 73.1 Å². The third-order valence-electron chi connectivity index (χ3n) is 4.38. The van der Waals surface area contributed by atoms with Gasteiger partial charge in [0.05, 0.1) is 22.5 Å². The first kappa shape index (κ1) is 19.4. The molecule has 3 N–H and O–H groups in total. The van der Waals surface area contributed by atoms with Gasteiger partial charge in [-0.15, -0.1) is 0 Å². The number of amides is 1. The van der Waals surface area contributed by atoms with Gasteiger partial charge >= 0.3 is 5.97 Å². The van der Waals surface area contributed by atoms with Crippen molar-refractivity contribution in [3.8, 4) is 22.6 Å². The maximum Gasteiger partial charge on any atom is 0.337 e. The Labute approximate surface area is 176 Å². The molecule has 0 atom stereocenters. The third kappa shape index (κ3) is 4.06. The van der Waals surface area contributed by atoms with E-state index >= 15 is 0 Å². The van der Waals surface area contributed by atoms with Crippen LogP contribution in [0.5, 0.6) is 0 Å². The van der Waals surface area contributed by atoms with Gasteiger partial charge in [0.2, 0.25) is 0 Å². The van der Waals surface area contributed by atoms with Crippen molar-refractivity contribution in [3.05, 3.63) is 89.3 Å². The van der Waals surface area contributed by atoms with Gasteiger partial charge in [0.15, 0.2) is 0 Å². The maximum atomic E-state index is 12.4. The van der Waals surface area contributed by atoms with E-state index in [2.05, 4.69) is 20.3 Å². The second-order valence-electron chi connectivity index (χ2n) is 6.40. The molecule has 0 aliphatic carbocycles. The van der Waals surface area contributed by atoms with Crippen molar-refractivity contribution < 1.29 is 14.7 Å². The second-order valence-corrected chi connectivity index (χ2v) is 6.80. The van der Waals surface area contributed by atoms with Crippen LogP contribution >= 0.6 is 11.6 Å². The molecule has 0 aliphatic rings. The van der Waals surface area contributed by atoms with E-state index in [0.29, 0.717) is 22.1 Å². The number of halogens is 1. The summed E-state index contributed by atoms with van der Waals surface area (Å²) < 4.78 is 0. The minimum absolute atomic E-state index is 0.00682. The van der Waals surface area contributed by atoms with E-state index in [-0.39, 0.29) is 11.3 Å². The van der Waals surface area contributed by atoms with Crippen LogP contribution in [0.3, 0.4) is 0 Å². The predicted octanol–water partition coefficient (Wildman–Crippen LogP) is 4.74. The smallest absolute Gasteiger partial charge is 0.337 e. The number of H-pyrrole nitrogens is 1. The van der Waals surface area contributed by atoms with Crippen molar-refractivity contribution in [1.82, 2.24) is 15.0 Å². The molecule has 4 aromatic rings. The maximum absolute atomic E-state index is 12.4. The summed E-state index contributed by atoms with van der Waals surface area (Å²) in [4.78, 5) is 34.9. The molecule has 0 unspecified atom stereocenters. The molecule has 2 aromatic carbocycles. The number of anilines is 1. The first-order chi connectivity index (χ1) is 14.5. The first-order valence-electron chi connectivity index (χ1n) is 8.92. The topological polar surface area (TPSA) is 108 Å². The summed E-state index contributed by atoms with van der Waals surface area (Å²) >= 11 is 6.35. The van der Waals surface area contributed by atoms with Crippen molar-refractivity contribution in [1.29, 1.82) is 0 Å². The number of pyridine rings is 1. The number of aromatic carboxylic acids is 1. The Morgan fingerprint density at radius 1 is 0.967 bits per heavy atom. The monoisotopic (exact) mass is 418 g/mol. The zero-order valence-corrected chi connectivity index (χ0v) is 16.2. The van der Waals surface area contributed by atoms with Gasteiger partial charge in [-0.1, -0.05) is 41.9 Å². The molecule has 4 rings (SSSR count). The number of hydrogen-bond acceptors (Lipinski definition) is 4. The lowest BCUT2D eigenvalue weighted by atomic mass is 10.1. The summed E-state index contributed by atoms with van der Waals surface area (Å²) in [5.74, 6) is -1.01. The number of hydrogen-bond donors (Lipinski definition) is 3. The van der Waals surface area contributed by atoms with E-state index in [1.807, 2.05) is 30.3 Å². The molecular weight excluding hydrogens is 404 g/mol. The molecule has 1 amide bonds. The van der Waals surface area contributed by atoms with Crippen LogP contribution in [0.1, 0.15) is 20.8 Å². The van der Waals surface area contributed by atoms with Crippen molar-refractivity contribution in [2.45, 2.75) is 0 Å². The quantitative estimate of drug-likeness (QED) is 0.433. The Morgan fingerprint density at radius 3 is 2.47 bits per heavy atom. The summed E-state index contributed by atoms with van der Waals surface area (Å²) in [6.07, 6.45) is 2.86. The highest BCUT2D eigenvalue weighted by molar-refractivity contribution is 6.33. The normalized spacial score (nSPS) is 10.6. The average molecular weight is 419 g/mol. The second kappa shape index (κ2) is 8.18. The molecule has 8 heteroatoms. The molecule has 0 bridgehead atoms. The number of rotatable bonds is 5. The Bertz CT molecular complexity index is 1220. The summed E-state index contributed by atoms with van der Waals surface area (Å²) in [5.41, 5.74) is 3.08. The van der Waals surface area contributed by atoms with Crippen LogP contribution in [0.25, 0.3) is 22.6 Å². The molecule has 0 saturated heterocycles. The van der Waals surface area contributed by atoms with E-state index in [9.17, 15) is 9.59 Å². The van der Waals surface area contributed by atoms with E-state index in [1.54, 1.807) is 24.4 Å². The number of nitrogens with zero attached hydrogens (tertiary/aromatic N) is 2. The number of nitrogens with one attached hydrogen (secondary N) is 2. The summed E-state index contributed by atoms with van der Waals surface area (Å²) in [6, 6.07) is 17.5. The van der Waals surface area contributed by atoms with Gasteiger partial charge in [0.1, 0.15) is 11.5 Å². The van der Waals surface area contributed by atoms with Crippen molar-refractivity contribution in [2.75, 3.05) is 5.32 Å². The highest BCUT2D eigenvalue weighted by atomic mass is 35.5. The van der Waals surface area contributed by atoms with E-state index in [0.717, 1.165) is 17.5 Å². The number of aromatic nitrogens is 3. The fourth-order valence-electron chi connectivity index (χ4n) is 2.86. The van der Waals surface area contributed by atoms with Crippen LogP contribution in [-0.2, 0) is 0 Å². The molecule has 0 radical (unpaired) electrons. The number of carbonyl (C=O) groups is 2. The summed E-state index contributed by atoms with van der Waals surface area (Å²) in [6.45, 7) is 0. The molecule has 2 aromatic heterocycles. The van der Waals surface area contributed by atoms with E-state index in [4.69, 9.17) is 16.7 Å². The predicted molar refractivity (Wildman–Crippen MR) is 114 cm³/mol. The van der Waals surface area contributed by atoms with Gasteiger partial charge in [-0.2, -0.15) is 0 Å². The molecule has 30 heavy (non-hydrogen) atoms. The largest absolute Gasteiger partial charge is 0.478 e. The molecule has 0 aliphatic heterocycles. The number of carboxylic acid groups (broad SMARTS) is 1. The van der Waals surface area contributed by atoms with Gasteiger partial charge in [0, 0.05) is 17.4 Å². The molecular formula is C22H15ClN4O3. The number of carboxylic acids is 1. The zero-order chi connectivity index (χ0) is 21.1. The Hall–Kier alpha value is -3.97. The third-order valence-corrected chi connectivity index (χ3v) is 4.71. The number of imidazole rings is 1. The fourth-order valence-corrected chi connectivity index (χ4v) is 3.06.